The molecule has 106 valence electrons. The Labute approximate surface area is 114 Å². The van der Waals surface area contributed by atoms with E-state index in [0.29, 0.717) is 13.0 Å². The van der Waals surface area contributed by atoms with E-state index in [4.69, 9.17) is 9.84 Å². The molecular weight excluding hydrogens is 242 g/mol. The molecule has 0 heterocycles. The number of aryl methyl sites for hydroxylation is 1. The standard InChI is InChI=1S/C15H23NO3/c1-3-6-14(15(17)18)16-10-5-8-12-7-4-9-13(11-12)19-2/h4,7,9,11,14,16H,3,5-6,8,10H2,1-2H3,(H,17,18). The molecule has 1 aromatic rings. The first-order valence-electron chi connectivity index (χ1n) is 6.76. The van der Waals surface area contributed by atoms with Gasteiger partial charge in [0.2, 0.25) is 0 Å². The van der Waals surface area contributed by atoms with Gasteiger partial charge in [-0.1, -0.05) is 25.5 Å². The summed E-state index contributed by atoms with van der Waals surface area (Å²) in [7, 11) is 1.66. The Kier molecular flexibility index (Phi) is 6.97. The second kappa shape index (κ2) is 8.53. The lowest BCUT2D eigenvalue weighted by Gasteiger charge is -2.13. The average Bonchev–Trinajstić information content (AvgIpc) is 2.42. The molecule has 0 aliphatic rings. The van der Waals surface area contributed by atoms with Crippen LogP contribution in [0.4, 0.5) is 0 Å². The maximum Gasteiger partial charge on any atom is 0.320 e. The van der Waals surface area contributed by atoms with Crippen LogP contribution in [0.3, 0.4) is 0 Å². The zero-order chi connectivity index (χ0) is 14.1. The minimum absolute atomic E-state index is 0.421. The SMILES string of the molecule is CCCC(NCCCc1cccc(OC)c1)C(=O)O. The van der Waals surface area contributed by atoms with Crippen LogP contribution >= 0.6 is 0 Å². The van der Waals surface area contributed by atoms with Gasteiger partial charge in [-0.15, -0.1) is 0 Å². The predicted molar refractivity (Wildman–Crippen MR) is 75.6 cm³/mol. The average molecular weight is 265 g/mol. The van der Waals surface area contributed by atoms with E-state index in [1.807, 2.05) is 25.1 Å². The third-order valence-corrected chi connectivity index (χ3v) is 3.04. The van der Waals surface area contributed by atoms with Crippen LogP contribution in [-0.2, 0) is 11.2 Å². The van der Waals surface area contributed by atoms with Gasteiger partial charge in [0.05, 0.1) is 7.11 Å². The van der Waals surface area contributed by atoms with Crippen LogP contribution in [0.2, 0.25) is 0 Å². The lowest BCUT2D eigenvalue weighted by atomic mass is 10.1. The van der Waals surface area contributed by atoms with E-state index in [0.717, 1.165) is 25.0 Å². The molecule has 1 aromatic carbocycles. The van der Waals surface area contributed by atoms with Gasteiger partial charge >= 0.3 is 5.97 Å². The molecule has 0 bridgehead atoms. The van der Waals surface area contributed by atoms with Gasteiger partial charge in [-0.25, -0.2) is 0 Å². The Morgan fingerprint density at radius 1 is 1.47 bits per heavy atom. The van der Waals surface area contributed by atoms with E-state index in [1.54, 1.807) is 7.11 Å². The highest BCUT2D eigenvalue weighted by Crippen LogP contribution is 2.13. The van der Waals surface area contributed by atoms with Gasteiger partial charge in [-0.2, -0.15) is 0 Å². The molecule has 4 nitrogen and oxygen atoms in total. The van der Waals surface area contributed by atoms with E-state index in [1.165, 1.54) is 5.56 Å². The number of carboxylic acids is 1. The summed E-state index contributed by atoms with van der Waals surface area (Å²) in [5.74, 6) is 0.100. The van der Waals surface area contributed by atoms with Crippen molar-refractivity contribution in [1.82, 2.24) is 5.32 Å². The Bertz CT molecular complexity index is 393. The van der Waals surface area contributed by atoms with Gasteiger partial charge in [-0.3, -0.25) is 4.79 Å². The van der Waals surface area contributed by atoms with Gasteiger partial charge in [0.15, 0.2) is 0 Å². The number of hydrogen-bond acceptors (Lipinski definition) is 3. The number of rotatable bonds is 9. The van der Waals surface area contributed by atoms with Crippen molar-refractivity contribution in [2.24, 2.45) is 0 Å². The van der Waals surface area contributed by atoms with Crippen molar-refractivity contribution in [2.45, 2.75) is 38.6 Å². The largest absolute Gasteiger partial charge is 0.497 e. The molecule has 0 amide bonds. The summed E-state index contributed by atoms with van der Waals surface area (Å²) in [4.78, 5) is 11.0. The number of aliphatic carboxylic acids is 1. The summed E-state index contributed by atoms with van der Waals surface area (Å²) in [6.45, 7) is 2.71. The van der Waals surface area contributed by atoms with Gasteiger partial charge in [0.1, 0.15) is 11.8 Å². The number of nitrogens with one attached hydrogen (secondary N) is 1. The molecule has 1 rings (SSSR count). The fourth-order valence-corrected chi connectivity index (χ4v) is 2.00. The molecule has 19 heavy (non-hydrogen) atoms. The van der Waals surface area contributed by atoms with E-state index < -0.39 is 12.0 Å². The third kappa shape index (κ3) is 5.75. The maximum atomic E-state index is 11.0. The summed E-state index contributed by atoms with van der Waals surface area (Å²) in [5, 5.41) is 12.1. The van der Waals surface area contributed by atoms with E-state index in [9.17, 15) is 4.79 Å². The molecule has 0 saturated heterocycles. The normalized spacial score (nSPS) is 12.1. The number of carboxylic acid groups (broad SMARTS) is 1. The smallest absolute Gasteiger partial charge is 0.320 e. The van der Waals surface area contributed by atoms with Gasteiger partial charge in [0, 0.05) is 0 Å². The predicted octanol–water partition coefficient (Wildman–Crippen LogP) is 2.47. The molecule has 0 radical (unpaired) electrons. The van der Waals surface area contributed by atoms with Crippen LogP contribution in [0.1, 0.15) is 31.7 Å². The Balaban J connectivity index is 2.31. The maximum absolute atomic E-state index is 11.0. The molecule has 1 atom stereocenters. The molecule has 4 heteroatoms. The molecule has 0 aliphatic carbocycles. The zero-order valence-electron chi connectivity index (χ0n) is 11.7. The fourth-order valence-electron chi connectivity index (χ4n) is 2.00. The Morgan fingerprint density at radius 2 is 2.26 bits per heavy atom. The number of benzene rings is 1. The van der Waals surface area contributed by atoms with Crippen molar-refractivity contribution in [3.05, 3.63) is 29.8 Å². The first-order chi connectivity index (χ1) is 9.17. The molecule has 2 N–H and O–H groups in total. The van der Waals surface area contributed by atoms with Crippen LogP contribution < -0.4 is 10.1 Å². The van der Waals surface area contributed by atoms with Crippen LogP contribution in [0, 0.1) is 0 Å². The monoisotopic (exact) mass is 265 g/mol. The van der Waals surface area contributed by atoms with Gasteiger partial charge < -0.3 is 15.2 Å². The summed E-state index contributed by atoms with van der Waals surface area (Å²) < 4.78 is 5.17. The first kappa shape index (κ1) is 15.5. The quantitative estimate of drug-likeness (QED) is 0.673. The second-order valence-electron chi connectivity index (χ2n) is 4.59. The van der Waals surface area contributed by atoms with Crippen LogP contribution in [0.25, 0.3) is 0 Å². The van der Waals surface area contributed by atoms with Gasteiger partial charge in [0.25, 0.3) is 0 Å². The van der Waals surface area contributed by atoms with Crippen molar-refractivity contribution in [3.8, 4) is 5.75 Å². The van der Waals surface area contributed by atoms with Crippen molar-refractivity contribution < 1.29 is 14.6 Å². The molecule has 0 spiro atoms. The number of methoxy groups -OCH3 is 1. The summed E-state index contributed by atoms with van der Waals surface area (Å²) in [6.07, 6.45) is 3.39. The van der Waals surface area contributed by atoms with Gasteiger partial charge in [-0.05, 0) is 43.5 Å². The van der Waals surface area contributed by atoms with Crippen molar-refractivity contribution in [1.29, 1.82) is 0 Å². The molecule has 0 saturated carbocycles. The fraction of sp³-hybridized carbons (Fsp3) is 0.533. The summed E-state index contributed by atoms with van der Waals surface area (Å²) in [5.41, 5.74) is 1.21. The van der Waals surface area contributed by atoms with Crippen LogP contribution in [0.5, 0.6) is 5.75 Å². The van der Waals surface area contributed by atoms with Crippen LogP contribution in [0.15, 0.2) is 24.3 Å². The number of carbonyl (C=O) groups is 1. The Morgan fingerprint density at radius 3 is 2.89 bits per heavy atom. The lowest BCUT2D eigenvalue weighted by molar-refractivity contribution is -0.139. The first-order valence-corrected chi connectivity index (χ1v) is 6.76. The minimum atomic E-state index is -0.761. The molecule has 0 aromatic heterocycles. The zero-order valence-corrected chi connectivity index (χ0v) is 11.7. The highest BCUT2D eigenvalue weighted by molar-refractivity contribution is 5.73. The van der Waals surface area contributed by atoms with Crippen molar-refractivity contribution in [3.63, 3.8) is 0 Å². The topological polar surface area (TPSA) is 58.6 Å². The third-order valence-electron chi connectivity index (χ3n) is 3.04. The lowest BCUT2D eigenvalue weighted by Crippen LogP contribution is -2.37. The van der Waals surface area contributed by atoms with Crippen LogP contribution in [-0.4, -0.2) is 30.8 Å². The van der Waals surface area contributed by atoms with E-state index in [-0.39, 0.29) is 0 Å². The number of hydrogen-bond donors (Lipinski definition) is 2. The van der Waals surface area contributed by atoms with Crippen molar-refractivity contribution >= 4 is 5.97 Å². The van der Waals surface area contributed by atoms with Crippen molar-refractivity contribution in [2.75, 3.05) is 13.7 Å². The highest BCUT2D eigenvalue weighted by atomic mass is 16.5. The Hall–Kier alpha value is -1.55. The molecule has 0 fully saturated rings. The highest BCUT2D eigenvalue weighted by Gasteiger charge is 2.14. The number of ether oxygens (including phenoxy) is 1. The molecule has 1 unspecified atom stereocenters. The second-order valence-corrected chi connectivity index (χ2v) is 4.59. The minimum Gasteiger partial charge on any atom is -0.497 e. The van der Waals surface area contributed by atoms with E-state index in [2.05, 4.69) is 11.4 Å². The molecule has 0 aliphatic heterocycles. The van der Waals surface area contributed by atoms with E-state index >= 15 is 0 Å². The molecular formula is C15H23NO3. The summed E-state index contributed by atoms with van der Waals surface area (Å²) >= 11 is 0. The summed E-state index contributed by atoms with van der Waals surface area (Å²) in [6, 6.07) is 7.54.